The number of nitrogens with zero attached hydrogens (tertiary/aromatic N) is 5. The molecule has 3 aromatic rings. The second-order valence-corrected chi connectivity index (χ2v) is 8.36. The van der Waals surface area contributed by atoms with E-state index >= 15 is 0 Å². The van der Waals surface area contributed by atoms with Crippen molar-refractivity contribution < 1.29 is 9.90 Å². The largest absolute Gasteiger partial charge is 0.465 e. The van der Waals surface area contributed by atoms with Crippen LogP contribution in [0.25, 0.3) is 11.0 Å². The van der Waals surface area contributed by atoms with Gasteiger partial charge in [-0.2, -0.15) is 0 Å². The standard InChI is InChI=1S/C23H28N6O2/c1-27-18-8-3-9-19(28-11-13-29(14-12-28)23(30)31)22(18)26-20(27)15-25-17-7-2-5-16-6-4-10-24-21(16)17/h3-4,6,8-10,17,25H,2,5,7,11-15H2,1H3,(H,30,31). The fraction of sp³-hybridized carbons (Fsp3) is 0.435. The van der Waals surface area contributed by atoms with Gasteiger partial charge in [0.15, 0.2) is 0 Å². The summed E-state index contributed by atoms with van der Waals surface area (Å²) in [5, 5.41) is 12.9. The molecule has 1 atom stereocenters. The molecule has 31 heavy (non-hydrogen) atoms. The van der Waals surface area contributed by atoms with Crippen LogP contribution < -0.4 is 10.2 Å². The number of carboxylic acid groups (broad SMARTS) is 1. The van der Waals surface area contributed by atoms with Crippen molar-refractivity contribution in [3.63, 3.8) is 0 Å². The molecule has 0 bridgehead atoms. The third kappa shape index (κ3) is 3.72. The molecule has 1 amide bonds. The van der Waals surface area contributed by atoms with Crippen LogP contribution in [0.2, 0.25) is 0 Å². The summed E-state index contributed by atoms with van der Waals surface area (Å²) >= 11 is 0. The predicted octanol–water partition coefficient (Wildman–Crippen LogP) is 2.94. The van der Waals surface area contributed by atoms with Crippen LogP contribution in [0.3, 0.4) is 0 Å². The second-order valence-electron chi connectivity index (χ2n) is 8.36. The van der Waals surface area contributed by atoms with Gasteiger partial charge in [0.2, 0.25) is 0 Å². The van der Waals surface area contributed by atoms with E-state index in [0.717, 1.165) is 35.4 Å². The number of fused-ring (bicyclic) bond motifs is 2. The molecule has 1 unspecified atom stereocenters. The van der Waals surface area contributed by atoms with Crippen LogP contribution in [0.1, 0.15) is 36.0 Å². The van der Waals surface area contributed by atoms with Crippen LogP contribution in [0.5, 0.6) is 0 Å². The summed E-state index contributed by atoms with van der Waals surface area (Å²) < 4.78 is 2.15. The van der Waals surface area contributed by atoms with Crippen molar-refractivity contribution in [1.82, 2.24) is 24.8 Å². The lowest BCUT2D eigenvalue weighted by Gasteiger charge is -2.34. The lowest BCUT2D eigenvalue weighted by Crippen LogP contribution is -2.48. The van der Waals surface area contributed by atoms with Crippen LogP contribution in [-0.2, 0) is 20.0 Å². The number of piperazine rings is 1. The molecule has 1 fully saturated rings. The summed E-state index contributed by atoms with van der Waals surface area (Å²) in [5.41, 5.74) is 5.67. The number of amides is 1. The van der Waals surface area contributed by atoms with Gasteiger partial charge in [-0.1, -0.05) is 12.1 Å². The molecule has 162 valence electrons. The molecular formula is C23H28N6O2. The molecule has 3 heterocycles. The Labute approximate surface area is 181 Å². The number of aromatic nitrogens is 3. The van der Waals surface area contributed by atoms with Crippen molar-refractivity contribution in [2.45, 2.75) is 31.8 Å². The zero-order valence-corrected chi connectivity index (χ0v) is 17.8. The SMILES string of the molecule is Cn1c(CNC2CCCc3cccnc32)nc2c(N3CCN(C(=O)O)CC3)cccc21. The van der Waals surface area contributed by atoms with Crippen molar-refractivity contribution in [3.8, 4) is 0 Å². The molecule has 5 rings (SSSR count). The second kappa shape index (κ2) is 8.19. The van der Waals surface area contributed by atoms with E-state index in [4.69, 9.17) is 4.98 Å². The van der Waals surface area contributed by atoms with E-state index in [1.165, 1.54) is 22.6 Å². The molecule has 0 spiro atoms. The Bertz CT molecular complexity index is 1100. The zero-order chi connectivity index (χ0) is 21.4. The molecule has 1 aliphatic carbocycles. The van der Waals surface area contributed by atoms with Gasteiger partial charge in [-0.15, -0.1) is 0 Å². The van der Waals surface area contributed by atoms with E-state index in [1.807, 2.05) is 12.3 Å². The number of benzene rings is 1. The molecule has 0 saturated carbocycles. The van der Waals surface area contributed by atoms with E-state index < -0.39 is 6.09 Å². The fourth-order valence-corrected chi connectivity index (χ4v) is 4.82. The Morgan fingerprint density at radius 3 is 2.84 bits per heavy atom. The van der Waals surface area contributed by atoms with Crippen molar-refractivity contribution in [2.24, 2.45) is 7.05 Å². The minimum Gasteiger partial charge on any atom is -0.465 e. The topological polar surface area (TPSA) is 86.5 Å². The summed E-state index contributed by atoms with van der Waals surface area (Å²) in [7, 11) is 2.06. The Morgan fingerprint density at radius 2 is 2.03 bits per heavy atom. The monoisotopic (exact) mass is 420 g/mol. The van der Waals surface area contributed by atoms with Crippen LogP contribution in [0, 0.1) is 0 Å². The molecule has 1 aromatic carbocycles. The van der Waals surface area contributed by atoms with Crippen LogP contribution in [0.15, 0.2) is 36.5 Å². The van der Waals surface area contributed by atoms with Gasteiger partial charge < -0.3 is 24.8 Å². The first-order valence-corrected chi connectivity index (χ1v) is 11.0. The predicted molar refractivity (Wildman–Crippen MR) is 119 cm³/mol. The highest BCUT2D eigenvalue weighted by Crippen LogP contribution is 2.30. The Hall–Kier alpha value is -3.13. The number of nitrogens with one attached hydrogen (secondary N) is 1. The third-order valence-corrected chi connectivity index (χ3v) is 6.58. The fourth-order valence-electron chi connectivity index (χ4n) is 4.82. The number of carbonyl (C=O) groups is 1. The summed E-state index contributed by atoms with van der Waals surface area (Å²) in [4.78, 5) is 24.6. The zero-order valence-electron chi connectivity index (χ0n) is 17.8. The van der Waals surface area contributed by atoms with E-state index in [0.29, 0.717) is 32.7 Å². The molecule has 2 N–H and O–H groups in total. The van der Waals surface area contributed by atoms with Gasteiger partial charge in [-0.25, -0.2) is 9.78 Å². The highest BCUT2D eigenvalue weighted by molar-refractivity contribution is 5.89. The lowest BCUT2D eigenvalue weighted by molar-refractivity contribution is 0.142. The quantitative estimate of drug-likeness (QED) is 0.675. The first kappa shape index (κ1) is 19.8. The molecule has 0 radical (unpaired) electrons. The average Bonchev–Trinajstić information content (AvgIpc) is 3.13. The van der Waals surface area contributed by atoms with Crippen molar-refractivity contribution >= 4 is 22.8 Å². The number of aryl methyl sites for hydroxylation is 2. The van der Waals surface area contributed by atoms with Crippen molar-refractivity contribution in [1.29, 1.82) is 0 Å². The molecule has 2 aromatic heterocycles. The van der Waals surface area contributed by atoms with Gasteiger partial charge in [0.1, 0.15) is 11.3 Å². The van der Waals surface area contributed by atoms with Gasteiger partial charge in [-0.3, -0.25) is 4.98 Å². The minimum absolute atomic E-state index is 0.258. The summed E-state index contributed by atoms with van der Waals surface area (Å²) in [6.45, 7) is 3.07. The first-order chi connectivity index (χ1) is 15.1. The van der Waals surface area contributed by atoms with Gasteiger partial charge in [0, 0.05) is 39.4 Å². The number of pyridine rings is 1. The third-order valence-electron chi connectivity index (χ3n) is 6.58. The lowest BCUT2D eigenvalue weighted by atomic mass is 9.92. The van der Waals surface area contributed by atoms with Gasteiger partial charge in [0.05, 0.1) is 29.5 Å². The highest BCUT2D eigenvalue weighted by atomic mass is 16.4. The van der Waals surface area contributed by atoms with E-state index in [2.05, 4.69) is 51.1 Å². The summed E-state index contributed by atoms with van der Waals surface area (Å²) in [5.74, 6) is 0.995. The first-order valence-electron chi connectivity index (χ1n) is 11.0. The van der Waals surface area contributed by atoms with Gasteiger partial charge in [-0.05, 0) is 43.0 Å². The number of para-hydroxylation sites is 1. The molecular weight excluding hydrogens is 392 g/mol. The molecule has 2 aliphatic rings. The molecule has 1 saturated heterocycles. The van der Waals surface area contributed by atoms with E-state index in [9.17, 15) is 9.90 Å². The maximum atomic E-state index is 11.2. The summed E-state index contributed by atoms with van der Waals surface area (Å²) in [6, 6.07) is 10.7. The number of anilines is 1. The van der Waals surface area contributed by atoms with Crippen LogP contribution in [-0.4, -0.2) is 56.8 Å². The molecule has 1 aliphatic heterocycles. The highest BCUT2D eigenvalue weighted by Gasteiger charge is 2.24. The Kier molecular flexibility index (Phi) is 5.23. The van der Waals surface area contributed by atoms with Gasteiger partial charge in [0.25, 0.3) is 0 Å². The number of hydrogen-bond donors (Lipinski definition) is 2. The maximum Gasteiger partial charge on any atom is 0.407 e. The van der Waals surface area contributed by atoms with Gasteiger partial charge >= 0.3 is 6.09 Å². The number of hydrogen-bond acceptors (Lipinski definition) is 5. The van der Waals surface area contributed by atoms with Crippen molar-refractivity contribution in [2.75, 3.05) is 31.1 Å². The minimum atomic E-state index is -0.845. The molecule has 8 nitrogen and oxygen atoms in total. The maximum absolute atomic E-state index is 11.2. The smallest absolute Gasteiger partial charge is 0.407 e. The number of rotatable bonds is 4. The van der Waals surface area contributed by atoms with Crippen LogP contribution in [0.4, 0.5) is 10.5 Å². The Balaban J connectivity index is 1.36. The number of imidazole rings is 1. The molecule has 8 heteroatoms. The van der Waals surface area contributed by atoms with Crippen molar-refractivity contribution in [3.05, 3.63) is 53.6 Å². The Morgan fingerprint density at radius 1 is 1.19 bits per heavy atom. The van der Waals surface area contributed by atoms with E-state index in [-0.39, 0.29) is 6.04 Å². The van der Waals surface area contributed by atoms with E-state index in [1.54, 1.807) is 0 Å². The average molecular weight is 421 g/mol. The van der Waals surface area contributed by atoms with Crippen LogP contribution >= 0.6 is 0 Å². The normalized spacial score (nSPS) is 18.9. The summed E-state index contributed by atoms with van der Waals surface area (Å²) in [6.07, 6.45) is 4.40.